The van der Waals surface area contributed by atoms with E-state index in [1.807, 2.05) is 6.07 Å². The number of benzene rings is 2. The minimum Gasteiger partial charge on any atom is -0.456 e. The third-order valence-corrected chi connectivity index (χ3v) is 3.18. The lowest BCUT2D eigenvalue weighted by Gasteiger charge is -2.08. The number of halogens is 3. The van der Waals surface area contributed by atoms with Crippen LogP contribution >= 0.6 is 27.5 Å². The molecular weight excluding hydrogens is 321 g/mol. The van der Waals surface area contributed by atoms with E-state index in [4.69, 9.17) is 21.6 Å². The summed E-state index contributed by atoms with van der Waals surface area (Å²) in [6.45, 7) is 0. The highest BCUT2D eigenvalue weighted by atomic mass is 79.9. The smallest absolute Gasteiger partial charge is 0.142 e. The molecule has 2 nitrogen and oxygen atoms in total. The average molecular weight is 327 g/mol. The Morgan fingerprint density at radius 1 is 1.28 bits per heavy atom. The zero-order valence-corrected chi connectivity index (χ0v) is 11.3. The lowest BCUT2D eigenvalue weighted by atomic mass is 10.2. The molecule has 0 aliphatic rings. The van der Waals surface area contributed by atoms with Gasteiger partial charge in [0.05, 0.1) is 10.0 Å². The molecule has 2 rings (SSSR count). The van der Waals surface area contributed by atoms with Gasteiger partial charge in [-0.05, 0) is 40.2 Å². The van der Waals surface area contributed by atoms with Crippen molar-refractivity contribution in [3.05, 3.63) is 57.3 Å². The van der Waals surface area contributed by atoms with Crippen LogP contribution in [0.3, 0.4) is 0 Å². The van der Waals surface area contributed by atoms with Crippen LogP contribution in [0.2, 0.25) is 5.02 Å². The summed E-state index contributed by atoms with van der Waals surface area (Å²) in [5.41, 5.74) is 0.440. The van der Waals surface area contributed by atoms with E-state index in [0.29, 0.717) is 15.8 Å². The molecule has 0 saturated carbocycles. The number of ether oxygens (including phenoxy) is 1. The van der Waals surface area contributed by atoms with E-state index >= 15 is 0 Å². The number of nitrogens with zero attached hydrogens (tertiary/aromatic N) is 1. The van der Waals surface area contributed by atoms with E-state index in [2.05, 4.69) is 15.9 Å². The molecule has 0 atom stereocenters. The highest BCUT2D eigenvalue weighted by Gasteiger charge is 2.08. The average Bonchev–Trinajstić information content (AvgIpc) is 2.30. The van der Waals surface area contributed by atoms with Gasteiger partial charge in [0.25, 0.3) is 0 Å². The molecule has 0 aromatic heterocycles. The molecule has 2 aromatic rings. The molecular formula is C13H6BrClFNO. The molecule has 90 valence electrons. The monoisotopic (exact) mass is 325 g/mol. The number of hydrogen-bond acceptors (Lipinski definition) is 2. The molecule has 0 heterocycles. The van der Waals surface area contributed by atoms with Crippen molar-refractivity contribution in [1.82, 2.24) is 0 Å². The van der Waals surface area contributed by atoms with Crippen molar-refractivity contribution in [3.63, 3.8) is 0 Å². The third kappa shape index (κ3) is 2.81. The first-order valence-corrected chi connectivity index (χ1v) is 6.10. The van der Waals surface area contributed by atoms with E-state index < -0.39 is 5.82 Å². The Labute approximate surface area is 117 Å². The Hall–Kier alpha value is -1.57. The Balaban J connectivity index is 2.37. The van der Waals surface area contributed by atoms with Crippen molar-refractivity contribution in [2.24, 2.45) is 0 Å². The maximum atomic E-state index is 13.1. The standard InChI is InChI=1S/C13H6BrClFNO/c14-13-8(7-17)2-1-3-12(13)18-11-5-9(15)4-10(16)6-11/h1-6H. The molecule has 0 radical (unpaired) electrons. The number of rotatable bonds is 2. The van der Waals surface area contributed by atoms with E-state index in [9.17, 15) is 4.39 Å². The fourth-order valence-electron chi connectivity index (χ4n) is 1.39. The molecule has 0 N–H and O–H groups in total. The van der Waals surface area contributed by atoms with Crippen LogP contribution < -0.4 is 4.74 Å². The summed E-state index contributed by atoms with van der Waals surface area (Å²) in [5, 5.41) is 9.13. The van der Waals surface area contributed by atoms with Crippen molar-refractivity contribution < 1.29 is 9.13 Å². The minimum absolute atomic E-state index is 0.248. The lowest BCUT2D eigenvalue weighted by molar-refractivity contribution is 0.474. The summed E-state index contributed by atoms with van der Waals surface area (Å²) in [6, 6.07) is 10.9. The highest BCUT2D eigenvalue weighted by molar-refractivity contribution is 9.10. The Kier molecular flexibility index (Phi) is 3.85. The van der Waals surface area contributed by atoms with E-state index in [1.54, 1.807) is 18.2 Å². The fourth-order valence-corrected chi connectivity index (χ4v) is 2.04. The van der Waals surface area contributed by atoms with Gasteiger partial charge in [0, 0.05) is 11.1 Å². The van der Waals surface area contributed by atoms with Crippen molar-refractivity contribution in [1.29, 1.82) is 5.26 Å². The van der Waals surface area contributed by atoms with Crippen LogP contribution in [0, 0.1) is 17.1 Å². The van der Waals surface area contributed by atoms with Crippen LogP contribution in [0.1, 0.15) is 5.56 Å². The Morgan fingerprint density at radius 3 is 2.72 bits per heavy atom. The molecule has 0 saturated heterocycles. The summed E-state index contributed by atoms with van der Waals surface area (Å²) in [6.07, 6.45) is 0. The van der Waals surface area contributed by atoms with Gasteiger partial charge in [0.15, 0.2) is 0 Å². The third-order valence-electron chi connectivity index (χ3n) is 2.15. The summed E-state index contributed by atoms with van der Waals surface area (Å²) < 4.78 is 19.2. The first kappa shape index (κ1) is 12.9. The molecule has 0 spiro atoms. The topological polar surface area (TPSA) is 33.0 Å². The molecule has 0 bridgehead atoms. The summed E-state index contributed by atoms with van der Waals surface area (Å²) in [5.74, 6) is 0.219. The second kappa shape index (κ2) is 5.38. The zero-order chi connectivity index (χ0) is 13.1. The molecule has 0 amide bonds. The molecule has 0 aliphatic carbocycles. The number of hydrogen-bond donors (Lipinski definition) is 0. The van der Waals surface area contributed by atoms with E-state index in [-0.39, 0.29) is 10.8 Å². The van der Waals surface area contributed by atoms with Gasteiger partial charge >= 0.3 is 0 Å². The quantitative estimate of drug-likeness (QED) is 0.786. The zero-order valence-electron chi connectivity index (χ0n) is 8.95. The van der Waals surface area contributed by atoms with Gasteiger partial charge in [-0.15, -0.1) is 0 Å². The van der Waals surface area contributed by atoms with E-state index in [1.165, 1.54) is 18.2 Å². The van der Waals surface area contributed by atoms with Crippen LogP contribution in [-0.4, -0.2) is 0 Å². The van der Waals surface area contributed by atoms with Crippen molar-refractivity contribution in [2.75, 3.05) is 0 Å². The van der Waals surface area contributed by atoms with Crippen LogP contribution in [0.4, 0.5) is 4.39 Å². The predicted octanol–water partition coefficient (Wildman–Crippen LogP) is 4.91. The molecule has 2 aromatic carbocycles. The van der Waals surface area contributed by atoms with Crippen molar-refractivity contribution in [3.8, 4) is 17.6 Å². The van der Waals surface area contributed by atoms with Crippen LogP contribution in [0.5, 0.6) is 11.5 Å². The minimum atomic E-state index is -0.481. The van der Waals surface area contributed by atoms with Crippen LogP contribution in [-0.2, 0) is 0 Å². The summed E-state index contributed by atoms with van der Waals surface area (Å²) in [4.78, 5) is 0. The molecule has 18 heavy (non-hydrogen) atoms. The molecule has 0 aliphatic heterocycles. The van der Waals surface area contributed by atoms with Gasteiger partial charge in [-0.3, -0.25) is 0 Å². The maximum absolute atomic E-state index is 13.1. The number of nitriles is 1. The molecule has 5 heteroatoms. The first-order chi connectivity index (χ1) is 8.60. The van der Waals surface area contributed by atoms with Gasteiger partial charge in [0.1, 0.15) is 23.4 Å². The van der Waals surface area contributed by atoms with Gasteiger partial charge in [-0.2, -0.15) is 5.26 Å². The van der Waals surface area contributed by atoms with E-state index in [0.717, 1.165) is 0 Å². The molecule has 0 fully saturated rings. The first-order valence-electron chi connectivity index (χ1n) is 4.92. The Morgan fingerprint density at radius 2 is 2.06 bits per heavy atom. The fraction of sp³-hybridized carbons (Fsp3) is 0. The predicted molar refractivity (Wildman–Crippen MR) is 70.3 cm³/mol. The summed E-state index contributed by atoms with van der Waals surface area (Å²) >= 11 is 8.99. The maximum Gasteiger partial charge on any atom is 0.142 e. The largest absolute Gasteiger partial charge is 0.456 e. The normalized spacial score (nSPS) is 9.89. The van der Waals surface area contributed by atoms with Crippen molar-refractivity contribution >= 4 is 27.5 Å². The Bertz CT molecular complexity index is 619. The summed E-state index contributed by atoms with van der Waals surface area (Å²) in [7, 11) is 0. The molecule has 0 unspecified atom stereocenters. The van der Waals surface area contributed by atoms with Gasteiger partial charge in [0.2, 0.25) is 0 Å². The van der Waals surface area contributed by atoms with Crippen LogP contribution in [0.15, 0.2) is 40.9 Å². The lowest BCUT2D eigenvalue weighted by Crippen LogP contribution is -1.88. The van der Waals surface area contributed by atoms with Gasteiger partial charge in [-0.25, -0.2) is 4.39 Å². The highest BCUT2D eigenvalue weighted by Crippen LogP contribution is 2.33. The van der Waals surface area contributed by atoms with Crippen LogP contribution in [0.25, 0.3) is 0 Å². The second-order valence-electron chi connectivity index (χ2n) is 3.44. The van der Waals surface area contributed by atoms with Gasteiger partial charge < -0.3 is 4.74 Å². The second-order valence-corrected chi connectivity index (χ2v) is 4.67. The SMILES string of the molecule is N#Cc1cccc(Oc2cc(F)cc(Cl)c2)c1Br. The van der Waals surface area contributed by atoms with Crippen molar-refractivity contribution in [2.45, 2.75) is 0 Å². The van der Waals surface area contributed by atoms with Gasteiger partial charge in [-0.1, -0.05) is 17.7 Å².